The third-order valence-electron chi connectivity index (χ3n) is 8.54. The van der Waals surface area contributed by atoms with Crippen LogP contribution in [-0.4, -0.2) is 24.4 Å². The van der Waals surface area contributed by atoms with Crippen LogP contribution in [0.2, 0.25) is 0 Å². The van der Waals surface area contributed by atoms with E-state index in [-0.39, 0.29) is 5.92 Å². The lowest BCUT2D eigenvalue weighted by molar-refractivity contribution is -0.132. The van der Waals surface area contributed by atoms with E-state index in [0.29, 0.717) is 17.7 Å². The van der Waals surface area contributed by atoms with Gasteiger partial charge in [0.05, 0.1) is 0 Å². The van der Waals surface area contributed by atoms with Crippen molar-refractivity contribution < 1.29 is 4.79 Å². The Hall–Kier alpha value is -1.35. The standard InChI is InChI=1S/C26H38N2O/c1-28(16-18-7-3-2-4-8-18)17-21-9-5-6-10-24(21)27-26(29)25-22-12-19-11-20(14-22)15-23(25)13-19/h5-6,9-10,18-20,22-23,25H,2-4,7-8,11-17H2,1H3,(H,27,29). The van der Waals surface area contributed by atoms with Gasteiger partial charge in [0.15, 0.2) is 0 Å². The van der Waals surface area contributed by atoms with Crippen LogP contribution in [0.4, 0.5) is 5.69 Å². The molecule has 3 nitrogen and oxygen atoms in total. The van der Waals surface area contributed by atoms with E-state index in [9.17, 15) is 4.79 Å². The number of benzene rings is 1. The fraction of sp³-hybridized carbons (Fsp3) is 0.731. The van der Waals surface area contributed by atoms with Gasteiger partial charge in [-0.25, -0.2) is 0 Å². The van der Waals surface area contributed by atoms with Crippen molar-refractivity contribution in [3.8, 4) is 0 Å². The summed E-state index contributed by atoms with van der Waals surface area (Å²) in [6, 6.07) is 8.49. The second-order valence-corrected chi connectivity index (χ2v) is 10.8. The van der Waals surface area contributed by atoms with Gasteiger partial charge in [0.25, 0.3) is 0 Å². The molecule has 1 N–H and O–H groups in total. The minimum absolute atomic E-state index is 0.260. The Balaban J connectivity index is 1.23. The number of nitrogens with zero attached hydrogens (tertiary/aromatic N) is 1. The topological polar surface area (TPSA) is 32.3 Å². The predicted molar refractivity (Wildman–Crippen MR) is 119 cm³/mol. The third-order valence-corrected chi connectivity index (χ3v) is 8.54. The molecule has 29 heavy (non-hydrogen) atoms. The smallest absolute Gasteiger partial charge is 0.228 e. The first kappa shape index (κ1) is 19.6. The van der Waals surface area contributed by atoms with Crippen molar-refractivity contribution >= 4 is 11.6 Å². The van der Waals surface area contributed by atoms with Gasteiger partial charge in [-0.15, -0.1) is 0 Å². The summed E-state index contributed by atoms with van der Waals surface area (Å²) >= 11 is 0. The normalized spacial score (nSPS) is 33.9. The molecule has 1 amide bonds. The molecule has 0 aliphatic heterocycles. The molecule has 0 aromatic heterocycles. The van der Waals surface area contributed by atoms with E-state index in [4.69, 9.17) is 0 Å². The van der Waals surface area contributed by atoms with Crippen molar-refractivity contribution in [2.24, 2.45) is 35.5 Å². The molecule has 0 saturated heterocycles. The first-order valence-corrected chi connectivity index (χ1v) is 12.2. The number of rotatable bonds is 6. The number of nitrogens with one attached hydrogen (secondary N) is 1. The summed E-state index contributed by atoms with van der Waals surface area (Å²) in [5.74, 6) is 4.55. The van der Waals surface area contributed by atoms with Gasteiger partial charge in [0.1, 0.15) is 0 Å². The second kappa shape index (κ2) is 8.41. The number of carbonyl (C=O) groups excluding carboxylic acids is 1. The number of hydrogen-bond donors (Lipinski definition) is 1. The molecule has 0 unspecified atom stereocenters. The Morgan fingerprint density at radius 1 is 0.966 bits per heavy atom. The van der Waals surface area contributed by atoms with Gasteiger partial charge in [-0.3, -0.25) is 4.79 Å². The molecule has 0 spiro atoms. The van der Waals surface area contributed by atoms with Crippen molar-refractivity contribution in [1.82, 2.24) is 4.90 Å². The molecule has 5 aliphatic rings. The quantitative estimate of drug-likeness (QED) is 0.670. The van der Waals surface area contributed by atoms with Crippen LogP contribution in [0.5, 0.6) is 0 Å². The van der Waals surface area contributed by atoms with Crippen LogP contribution in [-0.2, 0) is 11.3 Å². The van der Waals surface area contributed by atoms with E-state index in [1.165, 1.54) is 76.3 Å². The van der Waals surface area contributed by atoms with Crippen LogP contribution in [0, 0.1) is 35.5 Å². The molecule has 5 fully saturated rings. The van der Waals surface area contributed by atoms with Crippen molar-refractivity contribution in [3.05, 3.63) is 29.8 Å². The fourth-order valence-corrected chi connectivity index (χ4v) is 7.52. The summed E-state index contributed by atoms with van der Waals surface area (Å²) in [6.07, 6.45) is 13.6. The number of anilines is 1. The minimum Gasteiger partial charge on any atom is -0.326 e. The minimum atomic E-state index is 0.260. The lowest BCUT2D eigenvalue weighted by Gasteiger charge is -2.53. The van der Waals surface area contributed by atoms with Gasteiger partial charge >= 0.3 is 0 Å². The zero-order valence-corrected chi connectivity index (χ0v) is 18.1. The Morgan fingerprint density at radius 2 is 1.62 bits per heavy atom. The summed E-state index contributed by atoms with van der Waals surface area (Å²) < 4.78 is 0. The second-order valence-electron chi connectivity index (χ2n) is 10.8. The molecule has 0 atom stereocenters. The Morgan fingerprint density at radius 3 is 2.31 bits per heavy atom. The first-order chi connectivity index (χ1) is 14.2. The van der Waals surface area contributed by atoms with E-state index in [0.717, 1.165) is 30.0 Å². The van der Waals surface area contributed by atoms with E-state index in [1.54, 1.807) is 0 Å². The van der Waals surface area contributed by atoms with Crippen molar-refractivity contribution in [3.63, 3.8) is 0 Å². The summed E-state index contributed by atoms with van der Waals surface area (Å²) in [7, 11) is 2.24. The highest BCUT2D eigenvalue weighted by Crippen LogP contribution is 2.56. The van der Waals surface area contributed by atoms with Gasteiger partial charge in [-0.2, -0.15) is 0 Å². The Kier molecular flexibility index (Phi) is 5.69. The summed E-state index contributed by atoms with van der Waals surface area (Å²) in [5.41, 5.74) is 2.31. The van der Waals surface area contributed by atoms with Gasteiger partial charge in [0.2, 0.25) is 5.91 Å². The van der Waals surface area contributed by atoms with Gasteiger partial charge < -0.3 is 10.2 Å². The molecule has 3 heteroatoms. The summed E-state index contributed by atoms with van der Waals surface area (Å²) in [4.78, 5) is 15.8. The zero-order valence-electron chi connectivity index (χ0n) is 18.1. The molecular formula is C26H38N2O. The highest BCUT2D eigenvalue weighted by atomic mass is 16.1. The molecule has 158 valence electrons. The Bertz CT molecular complexity index is 695. The van der Waals surface area contributed by atoms with Gasteiger partial charge in [-0.1, -0.05) is 37.5 Å². The van der Waals surface area contributed by atoms with Crippen LogP contribution in [0.15, 0.2) is 24.3 Å². The number of hydrogen-bond acceptors (Lipinski definition) is 2. The molecule has 6 rings (SSSR count). The molecule has 4 bridgehead atoms. The molecule has 5 saturated carbocycles. The van der Waals surface area contributed by atoms with Gasteiger partial charge in [0, 0.05) is 24.7 Å². The Labute approximate surface area is 176 Å². The number of amides is 1. The SMILES string of the molecule is CN(Cc1ccccc1NC(=O)C1C2CC3CC(C2)CC1C3)CC1CCCCC1. The lowest BCUT2D eigenvalue weighted by Crippen LogP contribution is -2.49. The van der Waals surface area contributed by atoms with Crippen LogP contribution >= 0.6 is 0 Å². The summed E-state index contributed by atoms with van der Waals surface area (Å²) in [5, 5.41) is 3.38. The average Bonchev–Trinajstić information content (AvgIpc) is 2.69. The highest BCUT2D eigenvalue weighted by Gasteiger charge is 2.50. The predicted octanol–water partition coefficient (Wildman–Crippen LogP) is 5.71. The summed E-state index contributed by atoms with van der Waals surface area (Å²) in [6.45, 7) is 2.10. The zero-order chi connectivity index (χ0) is 19.8. The van der Waals surface area contributed by atoms with Crippen LogP contribution in [0.25, 0.3) is 0 Å². The largest absolute Gasteiger partial charge is 0.326 e. The number of para-hydroxylation sites is 1. The van der Waals surface area contributed by atoms with E-state index >= 15 is 0 Å². The third kappa shape index (κ3) is 4.26. The van der Waals surface area contributed by atoms with E-state index in [2.05, 4.69) is 41.5 Å². The molecular weight excluding hydrogens is 356 g/mol. The number of carbonyl (C=O) groups is 1. The fourth-order valence-electron chi connectivity index (χ4n) is 7.52. The highest BCUT2D eigenvalue weighted by molar-refractivity contribution is 5.93. The maximum absolute atomic E-state index is 13.3. The molecule has 0 heterocycles. The van der Waals surface area contributed by atoms with Crippen LogP contribution in [0.1, 0.15) is 69.8 Å². The van der Waals surface area contributed by atoms with Gasteiger partial charge in [-0.05, 0) is 93.2 Å². The average molecular weight is 395 g/mol. The first-order valence-electron chi connectivity index (χ1n) is 12.2. The van der Waals surface area contributed by atoms with Crippen molar-refractivity contribution in [1.29, 1.82) is 0 Å². The monoisotopic (exact) mass is 394 g/mol. The van der Waals surface area contributed by atoms with E-state index in [1.807, 2.05) is 0 Å². The molecule has 5 aliphatic carbocycles. The maximum atomic E-state index is 13.3. The molecule has 1 aromatic carbocycles. The lowest BCUT2D eigenvalue weighted by atomic mass is 9.51. The molecule has 0 radical (unpaired) electrons. The maximum Gasteiger partial charge on any atom is 0.228 e. The van der Waals surface area contributed by atoms with Crippen molar-refractivity contribution in [2.75, 3.05) is 18.9 Å². The van der Waals surface area contributed by atoms with Crippen molar-refractivity contribution in [2.45, 2.75) is 70.8 Å². The van der Waals surface area contributed by atoms with E-state index < -0.39 is 0 Å². The van der Waals surface area contributed by atoms with Crippen LogP contribution in [0.3, 0.4) is 0 Å². The van der Waals surface area contributed by atoms with Crippen LogP contribution < -0.4 is 5.32 Å². The molecule has 1 aromatic rings.